The second-order valence-electron chi connectivity index (χ2n) is 8.58. The van der Waals surface area contributed by atoms with Crippen molar-refractivity contribution >= 4 is 5.91 Å². The Morgan fingerprint density at radius 2 is 1.81 bits per heavy atom. The highest BCUT2D eigenvalue weighted by atomic mass is 16.6. The van der Waals surface area contributed by atoms with Gasteiger partial charge in [-0.3, -0.25) is 4.79 Å². The molecule has 120 valence electrons. The topological polar surface area (TPSA) is 58.6 Å². The van der Waals surface area contributed by atoms with Crippen LogP contribution < -0.4 is 5.32 Å². The second-order valence-corrected chi connectivity index (χ2v) is 8.58. The van der Waals surface area contributed by atoms with Gasteiger partial charge in [0.25, 0.3) is 0 Å². The van der Waals surface area contributed by atoms with E-state index >= 15 is 0 Å². The lowest BCUT2D eigenvalue weighted by Gasteiger charge is -2.49. The van der Waals surface area contributed by atoms with Gasteiger partial charge in [-0.05, 0) is 51.4 Å². The molecular formula is C17H29NO3. The minimum Gasteiger partial charge on any atom is -0.387 e. The minimum absolute atomic E-state index is 0.00721. The lowest BCUT2D eigenvalue weighted by Crippen LogP contribution is -2.62. The van der Waals surface area contributed by atoms with Crippen LogP contribution in [0.15, 0.2) is 0 Å². The van der Waals surface area contributed by atoms with Gasteiger partial charge in [0.05, 0.1) is 17.2 Å². The predicted molar refractivity (Wildman–Crippen MR) is 80.8 cm³/mol. The molecule has 2 bridgehead atoms. The van der Waals surface area contributed by atoms with Gasteiger partial charge in [-0.1, -0.05) is 13.8 Å². The lowest BCUT2D eigenvalue weighted by molar-refractivity contribution is -0.180. The Labute approximate surface area is 127 Å². The Kier molecular flexibility index (Phi) is 3.08. The first-order chi connectivity index (χ1) is 9.54. The number of amides is 1. The van der Waals surface area contributed by atoms with Crippen LogP contribution in [0.5, 0.6) is 0 Å². The van der Waals surface area contributed by atoms with E-state index in [1.165, 1.54) is 0 Å². The number of rotatable bonds is 1. The average molecular weight is 295 g/mol. The molecule has 0 aromatic heterocycles. The molecule has 0 aromatic carbocycles. The first kappa shape index (κ1) is 15.3. The molecule has 2 N–H and O–H groups in total. The van der Waals surface area contributed by atoms with Crippen molar-refractivity contribution in [3.63, 3.8) is 0 Å². The monoisotopic (exact) mass is 295 g/mol. The van der Waals surface area contributed by atoms with Gasteiger partial charge in [-0.15, -0.1) is 0 Å². The molecule has 3 fully saturated rings. The van der Waals surface area contributed by atoms with Crippen LogP contribution >= 0.6 is 0 Å². The molecule has 1 unspecified atom stereocenters. The zero-order chi connectivity index (χ0) is 15.7. The summed E-state index contributed by atoms with van der Waals surface area (Å²) in [5, 5.41) is 14.3. The molecule has 2 heterocycles. The van der Waals surface area contributed by atoms with Crippen molar-refractivity contribution in [1.82, 2.24) is 5.32 Å². The van der Waals surface area contributed by atoms with Gasteiger partial charge in [0.15, 0.2) is 0 Å². The molecular weight excluding hydrogens is 266 g/mol. The minimum atomic E-state index is -0.823. The quantitative estimate of drug-likeness (QED) is 0.781. The van der Waals surface area contributed by atoms with Gasteiger partial charge in [-0.25, -0.2) is 0 Å². The first-order valence-electron chi connectivity index (χ1n) is 8.24. The Morgan fingerprint density at radius 1 is 1.14 bits per heavy atom. The van der Waals surface area contributed by atoms with Crippen molar-refractivity contribution in [2.45, 2.75) is 89.6 Å². The van der Waals surface area contributed by atoms with E-state index in [9.17, 15) is 9.90 Å². The van der Waals surface area contributed by atoms with Crippen LogP contribution in [0, 0.1) is 11.3 Å². The van der Waals surface area contributed by atoms with Crippen LogP contribution in [0.4, 0.5) is 0 Å². The van der Waals surface area contributed by atoms with Crippen LogP contribution in [-0.2, 0) is 9.53 Å². The van der Waals surface area contributed by atoms with E-state index in [-0.39, 0.29) is 28.9 Å². The number of carbonyl (C=O) groups is 1. The van der Waals surface area contributed by atoms with Crippen molar-refractivity contribution < 1.29 is 14.6 Å². The molecule has 1 spiro atoms. The summed E-state index contributed by atoms with van der Waals surface area (Å²) in [5.41, 5.74) is -1.65. The van der Waals surface area contributed by atoms with E-state index in [0.717, 1.165) is 32.1 Å². The molecule has 1 aliphatic carbocycles. The van der Waals surface area contributed by atoms with Gasteiger partial charge in [0.2, 0.25) is 5.91 Å². The van der Waals surface area contributed by atoms with Gasteiger partial charge in [0.1, 0.15) is 5.60 Å². The van der Waals surface area contributed by atoms with Crippen LogP contribution in [0.25, 0.3) is 0 Å². The Hall–Kier alpha value is -0.610. The summed E-state index contributed by atoms with van der Waals surface area (Å²) in [5.74, 6) is 0.150. The maximum atomic E-state index is 11.7. The Morgan fingerprint density at radius 3 is 2.43 bits per heavy atom. The summed E-state index contributed by atoms with van der Waals surface area (Å²) < 4.78 is 6.53. The third-order valence-corrected chi connectivity index (χ3v) is 6.50. The highest BCUT2D eigenvalue weighted by molar-refractivity contribution is 5.73. The van der Waals surface area contributed by atoms with Gasteiger partial charge < -0.3 is 15.2 Å². The van der Waals surface area contributed by atoms with E-state index in [0.29, 0.717) is 0 Å². The molecule has 3 aliphatic rings. The zero-order valence-electron chi connectivity index (χ0n) is 14.0. The molecule has 4 nitrogen and oxygen atoms in total. The third-order valence-electron chi connectivity index (χ3n) is 6.50. The number of carbonyl (C=O) groups excluding carboxylic acids is 1. The summed E-state index contributed by atoms with van der Waals surface area (Å²) in [4.78, 5) is 11.7. The molecule has 2 saturated heterocycles. The van der Waals surface area contributed by atoms with Crippen molar-refractivity contribution in [3.8, 4) is 0 Å². The SMILES string of the molecule is CC(=O)N[C@@H]1[C@@H]2C(C)(C)CCC[C@@](C)(O)[C@]23CCC1(C)O3. The summed E-state index contributed by atoms with van der Waals surface area (Å²) in [7, 11) is 0. The highest BCUT2D eigenvalue weighted by Crippen LogP contribution is 2.65. The van der Waals surface area contributed by atoms with Crippen molar-refractivity contribution in [3.05, 3.63) is 0 Å². The van der Waals surface area contributed by atoms with Gasteiger partial charge >= 0.3 is 0 Å². The summed E-state index contributed by atoms with van der Waals surface area (Å²) in [6, 6.07) is -0.0108. The summed E-state index contributed by atoms with van der Waals surface area (Å²) in [6.07, 6.45) is 4.63. The standard InChI is InChI=1S/C17H29NO3/c1-11(19)18-13-12-14(2,3)7-6-8-16(5,20)17(12)10-9-15(13,4)21-17/h12-13,20H,6-10H2,1-5H3,(H,18,19)/t12-,13-,15?,16-,17+/m1/s1. The fourth-order valence-electron chi connectivity index (χ4n) is 5.52. The smallest absolute Gasteiger partial charge is 0.217 e. The molecule has 2 aliphatic heterocycles. The van der Waals surface area contributed by atoms with E-state index in [2.05, 4.69) is 26.1 Å². The van der Waals surface area contributed by atoms with Crippen LogP contribution in [0.2, 0.25) is 0 Å². The third kappa shape index (κ3) is 1.91. The predicted octanol–water partition coefficient (Wildman–Crippen LogP) is 2.39. The maximum absolute atomic E-state index is 11.7. The maximum Gasteiger partial charge on any atom is 0.217 e. The number of aliphatic hydroxyl groups is 1. The fraction of sp³-hybridized carbons (Fsp3) is 0.941. The summed E-state index contributed by atoms with van der Waals surface area (Å²) in [6.45, 7) is 10.1. The molecule has 3 rings (SSSR count). The fourth-order valence-corrected chi connectivity index (χ4v) is 5.52. The number of nitrogens with one attached hydrogen (secondary N) is 1. The van der Waals surface area contributed by atoms with E-state index < -0.39 is 11.2 Å². The van der Waals surface area contributed by atoms with Crippen LogP contribution in [0.1, 0.15) is 66.7 Å². The second kappa shape index (κ2) is 4.23. The lowest BCUT2D eigenvalue weighted by atomic mass is 9.57. The van der Waals surface area contributed by atoms with Crippen LogP contribution in [-0.4, -0.2) is 33.9 Å². The normalized spacial score (nSPS) is 51.3. The molecule has 4 heteroatoms. The van der Waals surface area contributed by atoms with Crippen molar-refractivity contribution in [2.75, 3.05) is 0 Å². The number of fused-ring (bicyclic) bond motifs is 1. The average Bonchev–Trinajstić information content (AvgIpc) is 2.76. The van der Waals surface area contributed by atoms with E-state index in [1.54, 1.807) is 6.92 Å². The molecule has 21 heavy (non-hydrogen) atoms. The Balaban J connectivity index is 2.12. The molecule has 1 saturated carbocycles. The van der Waals surface area contributed by atoms with E-state index in [1.807, 2.05) is 6.92 Å². The van der Waals surface area contributed by atoms with Gasteiger partial charge in [-0.2, -0.15) is 0 Å². The summed E-state index contributed by atoms with van der Waals surface area (Å²) >= 11 is 0. The highest BCUT2D eigenvalue weighted by Gasteiger charge is 2.74. The molecule has 1 amide bonds. The largest absolute Gasteiger partial charge is 0.387 e. The molecule has 5 atom stereocenters. The first-order valence-corrected chi connectivity index (χ1v) is 8.24. The van der Waals surface area contributed by atoms with E-state index in [4.69, 9.17) is 4.74 Å². The Bertz CT molecular complexity index is 473. The van der Waals surface area contributed by atoms with Crippen LogP contribution in [0.3, 0.4) is 0 Å². The van der Waals surface area contributed by atoms with Gasteiger partial charge in [0, 0.05) is 12.8 Å². The zero-order valence-corrected chi connectivity index (χ0v) is 14.0. The number of ether oxygens (including phenoxy) is 1. The molecule has 0 radical (unpaired) electrons. The number of hydrogen-bond donors (Lipinski definition) is 2. The van der Waals surface area contributed by atoms with Crippen molar-refractivity contribution in [2.24, 2.45) is 11.3 Å². The van der Waals surface area contributed by atoms with Crippen molar-refractivity contribution in [1.29, 1.82) is 0 Å². The number of hydrogen-bond acceptors (Lipinski definition) is 3. The molecule has 0 aromatic rings.